The van der Waals surface area contributed by atoms with Gasteiger partial charge in [-0.15, -0.1) is 0 Å². The Bertz CT molecular complexity index is 1500. The van der Waals surface area contributed by atoms with E-state index in [9.17, 15) is 0 Å². The zero-order valence-electron chi connectivity index (χ0n) is 35.5. The average Bonchev–Trinajstić information content (AvgIpc) is 3.67. The number of hydrogen-bond acceptors (Lipinski definition) is 7. The van der Waals surface area contributed by atoms with E-state index >= 15 is 0 Å². The number of nitrogens with one attached hydrogen (secondary N) is 1. The molecule has 0 saturated carbocycles. The van der Waals surface area contributed by atoms with Crippen LogP contribution in [0.4, 0.5) is 0 Å². The van der Waals surface area contributed by atoms with Crippen molar-refractivity contribution in [3.05, 3.63) is 157 Å². The van der Waals surface area contributed by atoms with E-state index in [4.69, 9.17) is 0 Å². The van der Waals surface area contributed by atoms with Crippen molar-refractivity contribution in [2.75, 3.05) is 19.6 Å². The third-order valence-electron chi connectivity index (χ3n) is 8.45. The normalized spacial score (nSPS) is 15.7. The first kappa shape index (κ1) is 51.3. The molecular weight excluding hydrogens is 753 g/mol. The molecule has 0 spiro atoms. The summed E-state index contributed by atoms with van der Waals surface area (Å²) in [6, 6.07) is 22.3. The first-order valence-electron chi connectivity index (χ1n) is 18.9. The van der Waals surface area contributed by atoms with Crippen molar-refractivity contribution in [1.29, 1.82) is 0 Å². The molecule has 3 atom stereocenters. The minimum absolute atomic E-state index is 0. The number of aromatic nitrogens is 7. The molecule has 295 valence electrons. The summed E-state index contributed by atoms with van der Waals surface area (Å²) in [5.41, 5.74) is 8.84. The molecular formula is C46H66N8Y-2. The maximum Gasteiger partial charge on any atom is 0.125 e. The molecule has 5 aromatic heterocycles. The molecule has 2 aliphatic rings. The van der Waals surface area contributed by atoms with Crippen LogP contribution in [0.25, 0.3) is 10.9 Å². The van der Waals surface area contributed by atoms with Crippen molar-refractivity contribution < 1.29 is 32.7 Å². The van der Waals surface area contributed by atoms with Gasteiger partial charge in [-0.05, 0) is 140 Å². The van der Waals surface area contributed by atoms with Gasteiger partial charge in [-0.25, -0.2) is 9.97 Å². The molecule has 1 aromatic carbocycles. The number of piperidine rings is 2. The first-order chi connectivity index (χ1) is 25.5. The van der Waals surface area contributed by atoms with Gasteiger partial charge in [0.25, 0.3) is 0 Å². The Morgan fingerprint density at radius 3 is 1.55 bits per heavy atom. The molecule has 9 heteroatoms. The van der Waals surface area contributed by atoms with Crippen LogP contribution >= 0.6 is 0 Å². The summed E-state index contributed by atoms with van der Waals surface area (Å²) in [5.74, 6) is 2.52. The fourth-order valence-electron chi connectivity index (χ4n) is 5.26. The standard InChI is InChI=1S/C9H16N.C8H7N.2C7H9N.2C6H8N2.C2H6.CH3.Y/c1-8-4-6-10-5-2-3-9(8)7-10;1-2-4-8-7(3-1)5-6-9-8;2*1-6-3-4-7(2)8-5-6;1-5-3-7-6(2)8-4-5;1-5-3-4-6(2)8-7-5;1-2;;/h8-9H,1-7H2;1-6,9H;2*3-5H,1-2H3;2*3-4H,1-2H3;1-2H3;1H3;/q-1;;;;;;;-1;. The van der Waals surface area contributed by atoms with Gasteiger partial charge in [-0.2, -0.15) is 16.1 Å². The number of benzene rings is 1. The molecule has 8 rings (SSSR count). The second-order valence-corrected chi connectivity index (χ2v) is 13.4. The summed E-state index contributed by atoms with van der Waals surface area (Å²) in [7, 11) is 0. The third-order valence-corrected chi connectivity index (χ3v) is 8.45. The van der Waals surface area contributed by atoms with Crippen LogP contribution in [-0.4, -0.2) is 59.7 Å². The number of H-pyrrole nitrogens is 1. The molecule has 2 bridgehead atoms. The summed E-state index contributed by atoms with van der Waals surface area (Å²) in [4.78, 5) is 21.8. The minimum atomic E-state index is 0. The largest absolute Gasteiger partial charge is 0.361 e. The third kappa shape index (κ3) is 22.4. The van der Waals surface area contributed by atoms with Crippen LogP contribution in [0.15, 0.2) is 97.7 Å². The predicted molar refractivity (Wildman–Crippen MR) is 229 cm³/mol. The summed E-state index contributed by atoms with van der Waals surface area (Å²) in [5, 5.41) is 8.93. The van der Waals surface area contributed by atoms with Crippen molar-refractivity contribution in [2.24, 2.45) is 11.8 Å². The summed E-state index contributed by atoms with van der Waals surface area (Å²) in [6.45, 7) is 27.9. The fourth-order valence-corrected chi connectivity index (χ4v) is 5.26. The van der Waals surface area contributed by atoms with Crippen LogP contribution in [0.3, 0.4) is 0 Å². The summed E-state index contributed by atoms with van der Waals surface area (Å²) >= 11 is 0. The van der Waals surface area contributed by atoms with E-state index in [1.165, 1.54) is 60.9 Å². The number of aryl methyl sites for hydroxylation is 8. The van der Waals surface area contributed by atoms with Gasteiger partial charge in [0, 0.05) is 80.6 Å². The number of aromatic amines is 1. The Balaban J connectivity index is 0.000000627. The van der Waals surface area contributed by atoms with Gasteiger partial charge in [-0.1, -0.05) is 62.9 Å². The van der Waals surface area contributed by atoms with Gasteiger partial charge >= 0.3 is 0 Å². The topological polar surface area (TPSA) is 96.4 Å². The van der Waals surface area contributed by atoms with Gasteiger partial charge in [0.1, 0.15) is 5.82 Å². The monoisotopic (exact) mass is 819 g/mol. The minimum Gasteiger partial charge on any atom is -0.361 e. The molecule has 55 heavy (non-hydrogen) atoms. The average molecular weight is 820 g/mol. The van der Waals surface area contributed by atoms with E-state index in [1.54, 1.807) is 0 Å². The van der Waals surface area contributed by atoms with Crippen molar-refractivity contribution in [2.45, 2.75) is 88.5 Å². The van der Waals surface area contributed by atoms with Crippen LogP contribution < -0.4 is 0 Å². The molecule has 0 aliphatic carbocycles. The van der Waals surface area contributed by atoms with E-state index in [1.807, 2.05) is 137 Å². The van der Waals surface area contributed by atoms with Gasteiger partial charge in [0.15, 0.2) is 0 Å². The summed E-state index contributed by atoms with van der Waals surface area (Å²) in [6.07, 6.45) is 13.5. The predicted octanol–water partition coefficient (Wildman–Crippen LogP) is 10.8. The molecule has 2 saturated heterocycles. The smallest absolute Gasteiger partial charge is 0.125 e. The fraction of sp³-hybridized carbons (Fsp3) is 0.391. The van der Waals surface area contributed by atoms with Crippen LogP contribution in [0, 0.1) is 81.6 Å². The van der Waals surface area contributed by atoms with Gasteiger partial charge in [0.05, 0.1) is 11.4 Å². The Labute approximate surface area is 358 Å². The second-order valence-electron chi connectivity index (χ2n) is 13.4. The Morgan fingerprint density at radius 2 is 1.11 bits per heavy atom. The molecule has 2 fully saturated rings. The second kappa shape index (κ2) is 29.6. The molecule has 8 nitrogen and oxygen atoms in total. The van der Waals surface area contributed by atoms with Gasteiger partial charge < -0.3 is 24.2 Å². The van der Waals surface area contributed by atoms with E-state index in [2.05, 4.69) is 77.3 Å². The maximum atomic E-state index is 4.19. The quantitative estimate of drug-likeness (QED) is 0.152. The zero-order chi connectivity index (χ0) is 39.0. The Morgan fingerprint density at radius 1 is 0.600 bits per heavy atom. The van der Waals surface area contributed by atoms with E-state index in [-0.39, 0.29) is 40.1 Å². The maximum absolute atomic E-state index is 4.19. The SMILES string of the molecule is CC.Cc1ccc(C)nc1.Cc1ccc(C)nc1.Cc1ccc(C)nn1.Cc1cnc(C)nc1.[CH2-]C1CCN2CCCC1C2.[CH3-].[Y].c1ccc2[nH]ccc2c1. The number of pyridine rings is 2. The number of rotatable bonds is 0. The van der Waals surface area contributed by atoms with E-state index in [0.717, 1.165) is 46.0 Å². The van der Waals surface area contributed by atoms with Crippen LogP contribution in [0.2, 0.25) is 0 Å². The van der Waals surface area contributed by atoms with E-state index < -0.39 is 0 Å². The Hall–Kier alpha value is -3.72. The molecule has 1 N–H and O–H groups in total. The van der Waals surface area contributed by atoms with Crippen LogP contribution in [0.1, 0.15) is 78.4 Å². The zero-order valence-corrected chi connectivity index (χ0v) is 38.4. The summed E-state index contributed by atoms with van der Waals surface area (Å²) < 4.78 is 0. The van der Waals surface area contributed by atoms with Crippen molar-refractivity contribution >= 4 is 10.9 Å². The number of hydrogen-bond donors (Lipinski definition) is 1. The molecule has 6 aromatic rings. The van der Waals surface area contributed by atoms with Gasteiger partial charge in [0.2, 0.25) is 0 Å². The van der Waals surface area contributed by atoms with Crippen molar-refractivity contribution in [3.63, 3.8) is 0 Å². The molecule has 3 unspecified atom stereocenters. The van der Waals surface area contributed by atoms with Crippen molar-refractivity contribution in [3.8, 4) is 0 Å². The molecule has 0 amide bonds. The first-order valence-corrected chi connectivity index (χ1v) is 18.9. The van der Waals surface area contributed by atoms with Crippen LogP contribution in [0.5, 0.6) is 0 Å². The molecule has 2 aliphatic heterocycles. The number of para-hydroxylation sites is 1. The van der Waals surface area contributed by atoms with E-state index in [0.29, 0.717) is 0 Å². The Kier molecular flexibility index (Phi) is 27.6. The van der Waals surface area contributed by atoms with Gasteiger partial charge in [-0.3, -0.25) is 9.97 Å². The number of nitrogens with zero attached hydrogens (tertiary/aromatic N) is 7. The number of fused-ring (bicyclic) bond motifs is 3. The van der Waals surface area contributed by atoms with Crippen molar-refractivity contribution in [1.82, 2.24) is 40.0 Å². The molecule has 7 heterocycles. The molecule has 1 radical (unpaired) electrons. The van der Waals surface area contributed by atoms with Crippen LogP contribution in [-0.2, 0) is 32.7 Å².